The zero-order chi connectivity index (χ0) is 14.7. The lowest BCUT2D eigenvalue weighted by atomic mass is 9.83. The Bertz CT molecular complexity index is 496. The van der Waals surface area contributed by atoms with Crippen LogP contribution in [-0.4, -0.2) is 23.2 Å². The van der Waals surface area contributed by atoms with Gasteiger partial charge in [-0.25, -0.2) is 0 Å². The molecule has 0 heterocycles. The molecule has 0 saturated heterocycles. The van der Waals surface area contributed by atoms with Gasteiger partial charge in [-0.2, -0.15) is 0 Å². The number of fused-ring (bicyclic) bond motifs is 1. The summed E-state index contributed by atoms with van der Waals surface area (Å²) >= 11 is 0. The van der Waals surface area contributed by atoms with Gasteiger partial charge >= 0.3 is 5.97 Å². The van der Waals surface area contributed by atoms with Gasteiger partial charge in [-0.3, -0.25) is 4.79 Å². The normalized spacial score (nSPS) is 19.4. The van der Waals surface area contributed by atoms with Crippen LogP contribution in [0.2, 0.25) is 0 Å². The van der Waals surface area contributed by atoms with Gasteiger partial charge in [0, 0.05) is 6.04 Å². The maximum Gasteiger partial charge on any atom is 0.320 e. The zero-order valence-electron chi connectivity index (χ0n) is 12.7. The second kappa shape index (κ2) is 6.40. The topological polar surface area (TPSA) is 49.3 Å². The molecule has 1 aliphatic rings. The number of carboxylic acids is 1. The van der Waals surface area contributed by atoms with Crippen LogP contribution in [0.15, 0.2) is 12.1 Å². The molecule has 1 aliphatic carbocycles. The summed E-state index contributed by atoms with van der Waals surface area (Å²) in [6, 6.07) is 4.25. The number of aliphatic carboxylic acids is 1. The molecule has 0 aromatic heterocycles. The van der Waals surface area contributed by atoms with Crippen LogP contribution < -0.4 is 5.32 Å². The third-order valence-electron chi connectivity index (χ3n) is 4.41. The molecule has 3 nitrogen and oxygen atoms in total. The highest BCUT2D eigenvalue weighted by Gasteiger charge is 2.25. The van der Waals surface area contributed by atoms with Crippen molar-refractivity contribution < 1.29 is 9.90 Å². The van der Waals surface area contributed by atoms with Gasteiger partial charge < -0.3 is 10.4 Å². The number of aryl methyl sites for hydroxylation is 2. The van der Waals surface area contributed by atoms with Gasteiger partial charge in [0.25, 0.3) is 0 Å². The molecule has 2 N–H and O–H groups in total. The Balaban J connectivity index is 2.11. The van der Waals surface area contributed by atoms with E-state index in [1.165, 1.54) is 22.3 Å². The fraction of sp³-hybridized carbons (Fsp3) is 0.588. The molecule has 1 unspecified atom stereocenters. The van der Waals surface area contributed by atoms with Gasteiger partial charge in [0.2, 0.25) is 0 Å². The summed E-state index contributed by atoms with van der Waals surface area (Å²) in [5.41, 5.74) is 5.60. The van der Waals surface area contributed by atoms with Crippen LogP contribution >= 0.6 is 0 Å². The maximum atomic E-state index is 11.3. The van der Waals surface area contributed by atoms with E-state index in [0.29, 0.717) is 6.42 Å². The first-order valence-electron chi connectivity index (χ1n) is 7.59. The molecule has 1 aromatic carbocycles. The lowest BCUT2D eigenvalue weighted by molar-refractivity contribution is -0.139. The highest BCUT2D eigenvalue weighted by atomic mass is 16.4. The number of carbonyl (C=O) groups is 1. The fourth-order valence-corrected chi connectivity index (χ4v) is 3.22. The third-order valence-corrected chi connectivity index (χ3v) is 4.41. The van der Waals surface area contributed by atoms with Gasteiger partial charge in [-0.15, -0.1) is 0 Å². The Kier molecular flexibility index (Phi) is 4.81. The minimum atomic E-state index is -0.724. The molecular formula is C17H25NO2. The molecule has 0 amide bonds. The number of nitrogens with one attached hydrogen (secondary N) is 1. The predicted molar refractivity (Wildman–Crippen MR) is 81.2 cm³/mol. The molecule has 3 heteroatoms. The van der Waals surface area contributed by atoms with E-state index in [-0.39, 0.29) is 6.04 Å². The molecule has 110 valence electrons. The Morgan fingerprint density at radius 2 is 2.00 bits per heavy atom. The first kappa shape index (κ1) is 15.0. The van der Waals surface area contributed by atoms with Crippen molar-refractivity contribution in [1.82, 2.24) is 5.32 Å². The largest absolute Gasteiger partial charge is 0.480 e. The van der Waals surface area contributed by atoms with Crippen LogP contribution in [-0.2, 0) is 17.6 Å². The van der Waals surface area contributed by atoms with Crippen LogP contribution in [0, 0.1) is 13.8 Å². The zero-order valence-corrected chi connectivity index (χ0v) is 12.7. The molecule has 1 aromatic rings. The fourth-order valence-electron chi connectivity index (χ4n) is 3.22. The van der Waals surface area contributed by atoms with E-state index in [2.05, 4.69) is 31.3 Å². The quantitative estimate of drug-likeness (QED) is 0.868. The van der Waals surface area contributed by atoms with E-state index < -0.39 is 12.0 Å². The van der Waals surface area contributed by atoms with Gasteiger partial charge in [-0.05, 0) is 61.8 Å². The van der Waals surface area contributed by atoms with Crippen molar-refractivity contribution in [2.24, 2.45) is 0 Å². The van der Waals surface area contributed by atoms with E-state index >= 15 is 0 Å². The van der Waals surface area contributed by atoms with Crippen LogP contribution in [0.3, 0.4) is 0 Å². The summed E-state index contributed by atoms with van der Waals surface area (Å²) in [6.45, 7) is 6.35. The van der Waals surface area contributed by atoms with Crippen LogP contribution in [0.25, 0.3) is 0 Å². The summed E-state index contributed by atoms with van der Waals surface area (Å²) < 4.78 is 0. The molecule has 0 saturated carbocycles. The molecular weight excluding hydrogens is 250 g/mol. The third kappa shape index (κ3) is 3.21. The second-order valence-corrected chi connectivity index (χ2v) is 5.94. The first-order chi connectivity index (χ1) is 9.52. The van der Waals surface area contributed by atoms with Crippen molar-refractivity contribution in [2.45, 2.75) is 65.0 Å². The van der Waals surface area contributed by atoms with Crippen molar-refractivity contribution >= 4 is 5.97 Å². The highest BCUT2D eigenvalue weighted by molar-refractivity contribution is 5.73. The summed E-state index contributed by atoms with van der Waals surface area (Å²) in [6.07, 6.45) is 4.64. The molecule has 0 radical (unpaired) electrons. The number of benzene rings is 1. The first-order valence-corrected chi connectivity index (χ1v) is 7.59. The Hall–Kier alpha value is -1.35. The van der Waals surface area contributed by atoms with Crippen LogP contribution in [0.5, 0.6) is 0 Å². The van der Waals surface area contributed by atoms with Gasteiger partial charge in [0.05, 0.1) is 0 Å². The number of hydrogen-bond acceptors (Lipinski definition) is 2. The molecule has 0 aliphatic heterocycles. The maximum absolute atomic E-state index is 11.3. The van der Waals surface area contributed by atoms with Crippen molar-refractivity contribution in [2.75, 3.05) is 0 Å². The van der Waals surface area contributed by atoms with Gasteiger partial charge in [-0.1, -0.05) is 25.5 Å². The summed E-state index contributed by atoms with van der Waals surface area (Å²) in [5, 5.41) is 12.6. The second-order valence-electron chi connectivity index (χ2n) is 5.94. The van der Waals surface area contributed by atoms with E-state index in [1.807, 2.05) is 6.92 Å². The average molecular weight is 275 g/mol. The minimum Gasteiger partial charge on any atom is -0.480 e. The lowest BCUT2D eigenvalue weighted by Crippen LogP contribution is -2.45. The van der Waals surface area contributed by atoms with Gasteiger partial charge in [0.1, 0.15) is 6.04 Å². The summed E-state index contributed by atoms with van der Waals surface area (Å²) in [4.78, 5) is 11.3. The monoisotopic (exact) mass is 275 g/mol. The number of hydrogen-bond donors (Lipinski definition) is 2. The van der Waals surface area contributed by atoms with E-state index in [9.17, 15) is 9.90 Å². The smallest absolute Gasteiger partial charge is 0.320 e. The highest BCUT2D eigenvalue weighted by Crippen LogP contribution is 2.27. The summed E-state index contributed by atoms with van der Waals surface area (Å²) in [5.74, 6) is -0.724. The molecule has 20 heavy (non-hydrogen) atoms. The lowest BCUT2D eigenvalue weighted by Gasteiger charge is -2.30. The predicted octanol–water partition coefficient (Wildman–Crippen LogP) is 3.00. The van der Waals surface area contributed by atoms with Crippen molar-refractivity contribution in [3.63, 3.8) is 0 Å². The van der Waals surface area contributed by atoms with Gasteiger partial charge in [0.15, 0.2) is 0 Å². The van der Waals surface area contributed by atoms with E-state index in [0.717, 1.165) is 25.7 Å². The number of carboxylic acid groups (broad SMARTS) is 1. The van der Waals surface area contributed by atoms with Crippen LogP contribution in [0.1, 0.15) is 48.4 Å². The standard InChI is InChI=1S/C17H25NO2/c1-4-5-16(17(19)20)18-13-8-9-14-11(2)6-7-12(3)15(14)10-13/h6-7,13,16,18H,4-5,8-10H2,1-3H3,(H,19,20)/t13?,16-/m0/s1. The van der Waals surface area contributed by atoms with E-state index in [1.54, 1.807) is 0 Å². The molecule has 2 atom stereocenters. The van der Waals surface area contributed by atoms with E-state index in [4.69, 9.17) is 0 Å². The average Bonchev–Trinajstić information content (AvgIpc) is 2.42. The molecule has 0 spiro atoms. The SMILES string of the molecule is CCC[C@H](NC1CCc2c(C)ccc(C)c2C1)C(=O)O. The Labute approximate surface area is 121 Å². The van der Waals surface area contributed by atoms with Crippen molar-refractivity contribution in [1.29, 1.82) is 0 Å². The van der Waals surface area contributed by atoms with Crippen molar-refractivity contribution in [3.8, 4) is 0 Å². The van der Waals surface area contributed by atoms with Crippen molar-refractivity contribution in [3.05, 3.63) is 34.4 Å². The Morgan fingerprint density at radius 3 is 2.60 bits per heavy atom. The Morgan fingerprint density at radius 1 is 1.35 bits per heavy atom. The molecule has 0 fully saturated rings. The molecule has 0 bridgehead atoms. The minimum absolute atomic E-state index is 0.288. The molecule has 2 rings (SSSR count). The number of rotatable bonds is 5. The van der Waals surface area contributed by atoms with Crippen LogP contribution in [0.4, 0.5) is 0 Å². The summed E-state index contributed by atoms with van der Waals surface area (Å²) in [7, 11) is 0.